The SMILES string of the molecule is CC.CC.CC.CCOCCOC.c1ccc2ccccc2c1. The van der Waals surface area contributed by atoms with Crippen LogP contribution in [0.2, 0.25) is 0 Å². The average molecular weight is 323 g/mol. The second kappa shape index (κ2) is 25.6. The number of hydrogen-bond donors (Lipinski definition) is 0. The van der Waals surface area contributed by atoms with Gasteiger partial charge in [0.1, 0.15) is 0 Å². The summed E-state index contributed by atoms with van der Waals surface area (Å²) in [6.07, 6.45) is 0. The Morgan fingerprint density at radius 3 is 1.26 bits per heavy atom. The van der Waals surface area contributed by atoms with E-state index in [-0.39, 0.29) is 0 Å². The fourth-order valence-electron chi connectivity index (χ4n) is 1.42. The second-order valence-corrected chi connectivity index (χ2v) is 3.54. The molecule has 0 unspecified atom stereocenters. The van der Waals surface area contributed by atoms with Gasteiger partial charge in [-0.3, -0.25) is 0 Å². The van der Waals surface area contributed by atoms with E-state index in [1.165, 1.54) is 10.8 Å². The van der Waals surface area contributed by atoms with E-state index in [0.717, 1.165) is 6.61 Å². The minimum atomic E-state index is 0.702. The van der Waals surface area contributed by atoms with Crippen molar-refractivity contribution in [1.29, 1.82) is 0 Å². The Morgan fingerprint density at radius 2 is 1.00 bits per heavy atom. The zero-order valence-corrected chi connectivity index (χ0v) is 16.6. The highest BCUT2D eigenvalue weighted by atomic mass is 16.5. The molecule has 0 aliphatic rings. The highest BCUT2D eigenvalue weighted by Crippen LogP contribution is 2.11. The Kier molecular flexibility index (Phi) is 29.5. The van der Waals surface area contributed by atoms with E-state index < -0.39 is 0 Å². The molecule has 0 saturated heterocycles. The normalized spacial score (nSPS) is 8.00. The van der Waals surface area contributed by atoms with Gasteiger partial charge >= 0.3 is 0 Å². The Balaban J connectivity index is -0.000000273. The van der Waals surface area contributed by atoms with E-state index in [1.54, 1.807) is 7.11 Å². The number of benzene rings is 2. The largest absolute Gasteiger partial charge is 0.382 e. The molecule has 23 heavy (non-hydrogen) atoms. The van der Waals surface area contributed by atoms with Crippen LogP contribution >= 0.6 is 0 Å². The van der Waals surface area contributed by atoms with Crippen LogP contribution in [0.5, 0.6) is 0 Å². The van der Waals surface area contributed by atoms with Crippen LogP contribution in [0, 0.1) is 0 Å². The zero-order valence-electron chi connectivity index (χ0n) is 16.6. The Labute approximate surface area is 144 Å². The summed E-state index contributed by atoms with van der Waals surface area (Å²) in [5.41, 5.74) is 0. The minimum absolute atomic E-state index is 0.702. The lowest BCUT2D eigenvalue weighted by molar-refractivity contribution is 0.0777. The maximum atomic E-state index is 4.95. The third-order valence-corrected chi connectivity index (χ3v) is 2.29. The molecule has 0 spiro atoms. The third-order valence-electron chi connectivity index (χ3n) is 2.29. The Bertz CT molecular complexity index is 344. The van der Waals surface area contributed by atoms with Gasteiger partial charge in [-0.25, -0.2) is 0 Å². The standard InChI is InChI=1S/C10H8.C5H12O2.3C2H6/c1-2-6-10-8-4-3-7-9(10)5-1;1-3-7-5-4-6-2;3*1-2/h1-8H;3-5H2,1-2H3;3*1-2H3. The molecule has 0 amide bonds. The van der Waals surface area contributed by atoms with Crippen LogP contribution in [-0.4, -0.2) is 26.9 Å². The summed E-state index contributed by atoms with van der Waals surface area (Å²) in [6.45, 7) is 16.2. The van der Waals surface area contributed by atoms with Gasteiger partial charge in [0, 0.05) is 13.7 Å². The van der Waals surface area contributed by atoms with Gasteiger partial charge in [-0.2, -0.15) is 0 Å². The molecule has 0 radical (unpaired) electrons. The number of ether oxygens (including phenoxy) is 2. The van der Waals surface area contributed by atoms with E-state index in [4.69, 9.17) is 9.47 Å². The van der Waals surface area contributed by atoms with Gasteiger partial charge in [-0.05, 0) is 17.7 Å². The summed E-state index contributed by atoms with van der Waals surface area (Å²) in [6, 6.07) is 16.7. The third kappa shape index (κ3) is 16.8. The monoisotopic (exact) mass is 322 g/mol. The Hall–Kier alpha value is -1.38. The van der Waals surface area contributed by atoms with Crippen molar-refractivity contribution in [1.82, 2.24) is 0 Å². The number of hydrogen-bond acceptors (Lipinski definition) is 2. The predicted molar refractivity (Wildman–Crippen MR) is 106 cm³/mol. The van der Waals surface area contributed by atoms with Crippen LogP contribution in [0.15, 0.2) is 48.5 Å². The van der Waals surface area contributed by atoms with Crippen molar-refractivity contribution >= 4 is 10.8 Å². The summed E-state index contributed by atoms with van der Waals surface area (Å²) in [4.78, 5) is 0. The van der Waals surface area contributed by atoms with Gasteiger partial charge in [-0.15, -0.1) is 0 Å². The van der Waals surface area contributed by atoms with Crippen molar-refractivity contribution in [3.05, 3.63) is 48.5 Å². The Morgan fingerprint density at radius 1 is 0.652 bits per heavy atom. The van der Waals surface area contributed by atoms with Crippen molar-refractivity contribution in [3.63, 3.8) is 0 Å². The van der Waals surface area contributed by atoms with E-state index in [1.807, 2.05) is 48.5 Å². The molecule has 2 aromatic carbocycles. The summed E-state index contributed by atoms with van der Waals surface area (Å²) >= 11 is 0. The van der Waals surface area contributed by atoms with E-state index in [0.29, 0.717) is 13.2 Å². The first-order valence-electron chi connectivity index (χ1n) is 8.89. The lowest BCUT2D eigenvalue weighted by Gasteiger charge is -1.96. The van der Waals surface area contributed by atoms with Gasteiger partial charge in [0.05, 0.1) is 13.2 Å². The zero-order chi connectivity index (χ0) is 18.3. The highest BCUT2D eigenvalue weighted by molar-refractivity contribution is 5.81. The molecular weight excluding hydrogens is 284 g/mol. The molecule has 0 aliphatic carbocycles. The molecule has 0 atom stereocenters. The molecule has 2 rings (SSSR count). The maximum absolute atomic E-state index is 4.95. The molecule has 0 bridgehead atoms. The average Bonchev–Trinajstić information content (AvgIpc) is 2.68. The van der Waals surface area contributed by atoms with Gasteiger partial charge in [0.2, 0.25) is 0 Å². The van der Waals surface area contributed by atoms with Crippen molar-refractivity contribution in [2.24, 2.45) is 0 Å². The van der Waals surface area contributed by atoms with Crippen LogP contribution in [0.1, 0.15) is 48.5 Å². The quantitative estimate of drug-likeness (QED) is 0.591. The first kappa shape index (κ1) is 26.5. The molecule has 0 N–H and O–H groups in total. The molecule has 0 heterocycles. The molecular formula is C21H38O2. The smallest absolute Gasteiger partial charge is 0.0700 e. The number of rotatable bonds is 4. The summed E-state index contributed by atoms with van der Waals surface area (Å²) in [7, 11) is 1.67. The minimum Gasteiger partial charge on any atom is -0.382 e. The first-order valence-corrected chi connectivity index (χ1v) is 8.89. The van der Waals surface area contributed by atoms with Crippen molar-refractivity contribution in [3.8, 4) is 0 Å². The fourth-order valence-corrected chi connectivity index (χ4v) is 1.42. The fraction of sp³-hybridized carbons (Fsp3) is 0.524. The summed E-state index contributed by atoms with van der Waals surface area (Å²) in [5, 5.41) is 2.62. The van der Waals surface area contributed by atoms with Gasteiger partial charge in [0.15, 0.2) is 0 Å². The van der Waals surface area contributed by atoms with Crippen LogP contribution < -0.4 is 0 Å². The molecule has 2 nitrogen and oxygen atoms in total. The molecule has 0 fully saturated rings. The van der Waals surface area contributed by atoms with Crippen molar-refractivity contribution in [2.75, 3.05) is 26.9 Å². The van der Waals surface area contributed by atoms with E-state index >= 15 is 0 Å². The molecule has 0 aliphatic heterocycles. The lowest BCUT2D eigenvalue weighted by atomic mass is 10.1. The van der Waals surface area contributed by atoms with E-state index in [9.17, 15) is 0 Å². The van der Waals surface area contributed by atoms with Crippen LogP contribution in [0.4, 0.5) is 0 Å². The van der Waals surface area contributed by atoms with E-state index in [2.05, 4.69) is 48.5 Å². The topological polar surface area (TPSA) is 18.5 Å². The maximum Gasteiger partial charge on any atom is 0.0700 e. The van der Waals surface area contributed by atoms with Gasteiger partial charge < -0.3 is 9.47 Å². The number of fused-ring (bicyclic) bond motifs is 1. The van der Waals surface area contributed by atoms with Crippen LogP contribution in [-0.2, 0) is 9.47 Å². The first-order chi connectivity index (χ1) is 11.4. The molecule has 2 aromatic rings. The van der Waals surface area contributed by atoms with Crippen molar-refractivity contribution < 1.29 is 9.47 Å². The molecule has 0 aromatic heterocycles. The van der Waals surface area contributed by atoms with Gasteiger partial charge in [0.25, 0.3) is 0 Å². The van der Waals surface area contributed by atoms with Gasteiger partial charge in [-0.1, -0.05) is 90.1 Å². The second-order valence-electron chi connectivity index (χ2n) is 3.54. The van der Waals surface area contributed by atoms with Crippen molar-refractivity contribution in [2.45, 2.75) is 48.5 Å². The lowest BCUT2D eigenvalue weighted by Crippen LogP contribution is -2.00. The van der Waals surface area contributed by atoms with Crippen LogP contribution in [0.25, 0.3) is 10.8 Å². The number of methoxy groups -OCH3 is 1. The molecule has 0 saturated carbocycles. The van der Waals surface area contributed by atoms with Crippen LogP contribution in [0.3, 0.4) is 0 Å². The summed E-state index contributed by atoms with van der Waals surface area (Å²) in [5.74, 6) is 0. The predicted octanol–water partition coefficient (Wildman–Crippen LogP) is 6.59. The highest BCUT2D eigenvalue weighted by Gasteiger charge is 1.85. The molecule has 134 valence electrons. The molecule has 2 heteroatoms. The summed E-state index contributed by atoms with van der Waals surface area (Å²) < 4.78 is 9.67.